The summed E-state index contributed by atoms with van der Waals surface area (Å²) in [5.74, 6) is 0.123. The molecule has 0 amide bonds. The molecule has 0 aliphatic carbocycles. The lowest BCUT2D eigenvalue weighted by Crippen LogP contribution is -2.32. The zero-order valence-corrected chi connectivity index (χ0v) is 11.9. The van der Waals surface area contributed by atoms with Crippen LogP contribution in [0.3, 0.4) is 0 Å². The lowest BCUT2D eigenvalue weighted by molar-refractivity contribution is 0.582. The minimum atomic E-state index is -3.32. The van der Waals surface area contributed by atoms with Crippen molar-refractivity contribution in [2.24, 2.45) is 0 Å². The Hall–Kier alpha value is -1.66. The van der Waals surface area contributed by atoms with Crippen molar-refractivity contribution in [2.75, 3.05) is 17.0 Å². The highest BCUT2D eigenvalue weighted by atomic mass is 32.2. The molecule has 0 radical (unpaired) electrons. The third kappa shape index (κ3) is 3.08. The number of pyridine rings is 1. The summed E-state index contributed by atoms with van der Waals surface area (Å²) in [5, 5.41) is 4.12. The van der Waals surface area contributed by atoms with Gasteiger partial charge in [-0.15, -0.1) is 0 Å². The average molecular weight is 291 g/mol. The second kappa shape index (κ2) is 5.38. The first-order valence-electron chi connectivity index (χ1n) is 6.71. The van der Waals surface area contributed by atoms with Crippen LogP contribution in [0.2, 0.25) is 0 Å². The summed E-state index contributed by atoms with van der Waals surface area (Å²) in [7, 11) is -3.32. The third-order valence-electron chi connectivity index (χ3n) is 3.46. The Morgan fingerprint density at radius 2 is 2.25 bits per heavy atom. The number of rotatable bonds is 4. The van der Waals surface area contributed by atoms with Crippen molar-refractivity contribution < 1.29 is 8.42 Å². The molecule has 106 valence electrons. The van der Waals surface area contributed by atoms with Crippen LogP contribution in [0.1, 0.15) is 12.8 Å². The van der Waals surface area contributed by atoms with Crippen LogP contribution in [-0.2, 0) is 10.0 Å². The lowest BCUT2D eigenvalue weighted by atomic mass is 10.2. The van der Waals surface area contributed by atoms with Gasteiger partial charge in [-0.25, -0.2) is 8.42 Å². The first-order chi connectivity index (χ1) is 9.62. The summed E-state index contributed by atoms with van der Waals surface area (Å²) >= 11 is 0. The largest absolute Gasteiger partial charge is 0.313 e. The summed E-state index contributed by atoms with van der Waals surface area (Å²) in [5.41, 5.74) is 1.44. The van der Waals surface area contributed by atoms with Crippen molar-refractivity contribution >= 4 is 26.6 Å². The van der Waals surface area contributed by atoms with Crippen molar-refractivity contribution in [1.29, 1.82) is 0 Å². The Balaban J connectivity index is 1.77. The van der Waals surface area contributed by atoms with Crippen LogP contribution in [0.4, 0.5) is 5.69 Å². The van der Waals surface area contributed by atoms with Gasteiger partial charge in [-0.1, -0.05) is 6.07 Å². The molecule has 1 aliphatic rings. The van der Waals surface area contributed by atoms with E-state index in [-0.39, 0.29) is 11.8 Å². The van der Waals surface area contributed by atoms with Gasteiger partial charge in [0.25, 0.3) is 0 Å². The van der Waals surface area contributed by atoms with Crippen LogP contribution >= 0.6 is 0 Å². The van der Waals surface area contributed by atoms with Crippen LogP contribution in [0, 0.1) is 0 Å². The molecule has 2 aromatic rings. The van der Waals surface area contributed by atoms with Crippen LogP contribution in [0.5, 0.6) is 0 Å². The Kier molecular flexibility index (Phi) is 3.58. The minimum Gasteiger partial charge on any atom is -0.313 e. The summed E-state index contributed by atoms with van der Waals surface area (Å²) in [6, 6.07) is 9.19. The summed E-state index contributed by atoms with van der Waals surface area (Å²) in [4.78, 5) is 4.21. The summed E-state index contributed by atoms with van der Waals surface area (Å²) in [6.07, 6.45) is 3.68. The SMILES string of the molecule is O=S(=O)(CC1CCCN1)Nc1ccc2ncccc2c1. The molecule has 0 bridgehead atoms. The normalized spacial score (nSPS) is 19.3. The van der Waals surface area contributed by atoms with Gasteiger partial charge in [-0.05, 0) is 43.7 Å². The molecule has 1 saturated heterocycles. The zero-order valence-electron chi connectivity index (χ0n) is 11.0. The first kappa shape index (κ1) is 13.3. The third-order valence-corrected chi connectivity index (χ3v) is 4.85. The van der Waals surface area contributed by atoms with Crippen molar-refractivity contribution in [2.45, 2.75) is 18.9 Å². The van der Waals surface area contributed by atoms with Crippen molar-refractivity contribution in [3.8, 4) is 0 Å². The number of hydrogen-bond donors (Lipinski definition) is 2. The fraction of sp³-hybridized carbons (Fsp3) is 0.357. The highest BCUT2D eigenvalue weighted by molar-refractivity contribution is 7.92. The smallest absolute Gasteiger partial charge is 0.234 e. The highest BCUT2D eigenvalue weighted by Gasteiger charge is 2.21. The number of sulfonamides is 1. The fourth-order valence-electron chi connectivity index (χ4n) is 2.52. The molecule has 5 nitrogen and oxygen atoms in total. The molecule has 0 spiro atoms. The van der Waals surface area contributed by atoms with Crippen LogP contribution in [0.25, 0.3) is 10.9 Å². The lowest BCUT2D eigenvalue weighted by Gasteiger charge is -2.13. The molecule has 1 unspecified atom stereocenters. The molecule has 1 aliphatic heterocycles. The van der Waals surface area contributed by atoms with Crippen LogP contribution in [-0.4, -0.2) is 31.7 Å². The Bertz CT molecular complexity index is 709. The van der Waals surface area contributed by atoms with E-state index in [2.05, 4.69) is 15.0 Å². The molecule has 2 heterocycles. The Morgan fingerprint density at radius 1 is 1.35 bits per heavy atom. The zero-order chi connectivity index (χ0) is 14.0. The van der Waals surface area contributed by atoms with Gasteiger partial charge in [-0.3, -0.25) is 9.71 Å². The number of benzene rings is 1. The van der Waals surface area contributed by atoms with E-state index < -0.39 is 10.0 Å². The van der Waals surface area contributed by atoms with Gasteiger partial charge in [0, 0.05) is 23.3 Å². The van der Waals surface area contributed by atoms with Crippen LogP contribution < -0.4 is 10.0 Å². The molecular weight excluding hydrogens is 274 g/mol. The van der Waals surface area contributed by atoms with E-state index in [4.69, 9.17) is 0 Å². The van der Waals surface area contributed by atoms with Gasteiger partial charge in [0.15, 0.2) is 0 Å². The van der Waals surface area contributed by atoms with Crippen LogP contribution in [0.15, 0.2) is 36.5 Å². The molecule has 1 atom stereocenters. The maximum atomic E-state index is 12.1. The first-order valence-corrected chi connectivity index (χ1v) is 8.36. The van der Waals surface area contributed by atoms with Crippen molar-refractivity contribution in [3.05, 3.63) is 36.5 Å². The number of nitrogens with one attached hydrogen (secondary N) is 2. The Morgan fingerprint density at radius 3 is 3.05 bits per heavy atom. The van der Waals surface area contributed by atoms with E-state index in [9.17, 15) is 8.42 Å². The summed E-state index contributed by atoms with van der Waals surface area (Å²) < 4.78 is 26.9. The molecule has 3 rings (SSSR count). The Labute approximate surface area is 118 Å². The molecular formula is C14H17N3O2S. The monoisotopic (exact) mass is 291 g/mol. The summed E-state index contributed by atoms with van der Waals surface area (Å²) in [6.45, 7) is 0.905. The topological polar surface area (TPSA) is 71.1 Å². The number of aromatic nitrogens is 1. The highest BCUT2D eigenvalue weighted by Crippen LogP contribution is 2.18. The molecule has 1 aromatic heterocycles. The maximum Gasteiger partial charge on any atom is 0.234 e. The molecule has 1 fully saturated rings. The molecule has 2 N–H and O–H groups in total. The number of anilines is 1. The van der Waals surface area contributed by atoms with Gasteiger partial charge in [0.2, 0.25) is 10.0 Å². The van der Waals surface area contributed by atoms with Crippen molar-refractivity contribution in [3.63, 3.8) is 0 Å². The van der Waals surface area contributed by atoms with Gasteiger partial charge in [0.1, 0.15) is 0 Å². The predicted molar refractivity (Wildman–Crippen MR) is 80.2 cm³/mol. The second-order valence-electron chi connectivity index (χ2n) is 5.09. The van der Waals surface area contributed by atoms with E-state index in [0.717, 1.165) is 30.3 Å². The van der Waals surface area contributed by atoms with Gasteiger partial charge < -0.3 is 5.32 Å². The number of hydrogen-bond acceptors (Lipinski definition) is 4. The van der Waals surface area contributed by atoms with E-state index in [1.807, 2.05) is 24.3 Å². The predicted octanol–water partition coefficient (Wildman–Crippen LogP) is 1.73. The molecule has 6 heteroatoms. The van der Waals surface area contributed by atoms with Gasteiger partial charge in [0.05, 0.1) is 11.3 Å². The number of nitrogens with zero attached hydrogens (tertiary/aromatic N) is 1. The maximum absolute atomic E-state index is 12.1. The molecule has 1 aromatic carbocycles. The fourth-order valence-corrected chi connectivity index (χ4v) is 3.91. The van der Waals surface area contributed by atoms with E-state index >= 15 is 0 Å². The molecule has 0 saturated carbocycles. The molecule has 20 heavy (non-hydrogen) atoms. The van der Waals surface area contributed by atoms with E-state index in [1.165, 1.54) is 0 Å². The average Bonchev–Trinajstić information content (AvgIpc) is 2.90. The minimum absolute atomic E-state index is 0.0645. The quantitative estimate of drug-likeness (QED) is 0.900. The number of fused-ring (bicyclic) bond motifs is 1. The van der Waals surface area contributed by atoms with Crippen molar-refractivity contribution in [1.82, 2.24) is 10.3 Å². The van der Waals surface area contributed by atoms with E-state index in [0.29, 0.717) is 5.69 Å². The standard InChI is InChI=1S/C14H17N3O2S/c18-20(19,10-13-4-2-7-15-13)17-12-5-6-14-11(9-12)3-1-8-16-14/h1,3,5-6,8-9,13,15,17H,2,4,7,10H2. The van der Waals surface area contributed by atoms with Gasteiger partial charge in [-0.2, -0.15) is 0 Å². The van der Waals surface area contributed by atoms with E-state index in [1.54, 1.807) is 12.3 Å². The second-order valence-corrected chi connectivity index (χ2v) is 6.85. The van der Waals surface area contributed by atoms with Gasteiger partial charge >= 0.3 is 0 Å².